The Labute approximate surface area is 188 Å². The van der Waals surface area contributed by atoms with Crippen LogP contribution in [0, 0.1) is 0 Å². The molecule has 2 amide bonds. The van der Waals surface area contributed by atoms with Crippen LogP contribution in [-0.2, 0) is 9.59 Å². The molecule has 3 aromatic rings. The Morgan fingerprint density at radius 3 is 1.58 bits per heavy atom. The molecule has 0 radical (unpaired) electrons. The van der Waals surface area contributed by atoms with Crippen molar-refractivity contribution in [3.8, 4) is 0 Å². The number of amides is 2. The molecular formula is C23H15Cl2N2O4-. The van der Waals surface area contributed by atoms with E-state index in [9.17, 15) is 19.5 Å². The van der Waals surface area contributed by atoms with Gasteiger partial charge in [0.1, 0.15) is 5.57 Å². The third kappa shape index (κ3) is 5.72. The summed E-state index contributed by atoms with van der Waals surface area (Å²) in [5, 5.41) is 16.8. The van der Waals surface area contributed by atoms with Gasteiger partial charge in [0, 0.05) is 0 Å². The highest BCUT2D eigenvalue weighted by molar-refractivity contribution is 6.36. The van der Waals surface area contributed by atoms with Gasteiger partial charge in [0.2, 0.25) is 0 Å². The number of hydrogen-bond acceptors (Lipinski definition) is 4. The Hall–Kier alpha value is -3.61. The summed E-state index contributed by atoms with van der Waals surface area (Å²) in [6, 6.07) is 18.7. The molecule has 3 rings (SSSR count). The highest BCUT2D eigenvalue weighted by Crippen LogP contribution is 2.24. The second kappa shape index (κ2) is 9.93. The molecule has 0 aliphatic rings. The van der Waals surface area contributed by atoms with Gasteiger partial charge in [-0.05, 0) is 41.5 Å². The fourth-order valence-electron chi connectivity index (χ4n) is 2.62. The number of halogens is 2. The SMILES string of the molecule is O=C(Nc1ccccc1Cl)C(=Cc1ccc(C(=O)[O-])cc1)C(=O)Nc1ccccc1Cl. The van der Waals surface area contributed by atoms with Gasteiger partial charge in [0.15, 0.2) is 0 Å². The molecular weight excluding hydrogens is 439 g/mol. The smallest absolute Gasteiger partial charge is 0.261 e. The molecule has 0 aliphatic carbocycles. The first kappa shape index (κ1) is 22.1. The zero-order chi connectivity index (χ0) is 22.4. The average molecular weight is 454 g/mol. The van der Waals surface area contributed by atoms with Crippen molar-refractivity contribution < 1.29 is 19.5 Å². The lowest BCUT2D eigenvalue weighted by Crippen LogP contribution is -2.25. The summed E-state index contributed by atoms with van der Waals surface area (Å²) in [6.07, 6.45) is 1.33. The van der Waals surface area contributed by atoms with Gasteiger partial charge in [0.25, 0.3) is 11.8 Å². The summed E-state index contributed by atoms with van der Waals surface area (Å²) in [6.45, 7) is 0. The lowest BCUT2D eigenvalue weighted by molar-refractivity contribution is -0.255. The minimum Gasteiger partial charge on any atom is -0.545 e. The largest absolute Gasteiger partial charge is 0.545 e. The summed E-state index contributed by atoms with van der Waals surface area (Å²) in [5.74, 6) is -2.74. The maximum absolute atomic E-state index is 12.9. The monoisotopic (exact) mass is 453 g/mol. The van der Waals surface area contributed by atoms with E-state index >= 15 is 0 Å². The summed E-state index contributed by atoms with van der Waals surface area (Å²) in [4.78, 5) is 36.8. The van der Waals surface area contributed by atoms with E-state index in [1.807, 2.05) is 0 Å². The van der Waals surface area contributed by atoms with E-state index in [0.717, 1.165) is 0 Å². The molecule has 0 unspecified atom stereocenters. The molecule has 0 saturated carbocycles. The van der Waals surface area contributed by atoms with Crippen LogP contribution in [-0.4, -0.2) is 17.8 Å². The van der Waals surface area contributed by atoms with Gasteiger partial charge in [-0.2, -0.15) is 0 Å². The number of hydrogen-bond donors (Lipinski definition) is 2. The lowest BCUT2D eigenvalue weighted by atomic mass is 10.1. The first-order valence-corrected chi connectivity index (χ1v) is 9.75. The predicted octanol–water partition coefficient (Wildman–Crippen LogP) is 4.02. The van der Waals surface area contributed by atoms with Gasteiger partial charge in [-0.1, -0.05) is 71.7 Å². The number of nitrogens with one attached hydrogen (secondary N) is 2. The molecule has 0 aliphatic heterocycles. The molecule has 156 valence electrons. The predicted molar refractivity (Wildman–Crippen MR) is 119 cm³/mol. The molecule has 0 spiro atoms. The van der Waals surface area contributed by atoms with Crippen LogP contribution < -0.4 is 15.7 Å². The second-order valence-electron chi connectivity index (χ2n) is 6.34. The van der Waals surface area contributed by atoms with Gasteiger partial charge in [-0.15, -0.1) is 0 Å². The zero-order valence-corrected chi connectivity index (χ0v) is 17.4. The summed E-state index contributed by atoms with van der Waals surface area (Å²) < 4.78 is 0. The summed E-state index contributed by atoms with van der Waals surface area (Å²) in [5.41, 5.74) is 0.834. The standard InChI is InChI=1S/C23H16Cl2N2O4/c24-17-5-1-3-7-19(17)26-21(28)16(13-14-9-11-15(12-10-14)23(30)31)22(29)27-20-8-4-2-6-18(20)25/h1-13H,(H,26,28)(H,27,29)(H,30,31)/p-1. The quantitative estimate of drug-likeness (QED) is 0.334. The summed E-state index contributed by atoms with van der Waals surface area (Å²) >= 11 is 12.2. The summed E-state index contributed by atoms with van der Waals surface area (Å²) in [7, 11) is 0. The minimum absolute atomic E-state index is 0.0280. The van der Waals surface area contributed by atoms with Gasteiger partial charge >= 0.3 is 0 Å². The highest BCUT2D eigenvalue weighted by atomic mass is 35.5. The number of carbonyl (C=O) groups is 3. The number of para-hydroxylation sites is 2. The molecule has 8 heteroatoms. The van der Waals surface area contributed by atoms with Gasteiger partial charge in [0.05, 0.1) is 27.4 Å². The van der Waals surface area contributed by atoms with Crippen molar-refractivity contribution in [3.63, 3.8) is 0 Å². The number of aromatic carboxylic acids is 1. The topological polar surface area (TPSA) is 98.3 Å². The molecule has 0 saturated heterocycles. The molecule has 0 aromatic heterocycles. The van der Waals surface area contributed by atoms with Gasteiger partial charge in [-0.25, -0.2) is 0 Å². The number of rotatable bonds is 6. The van der Waals surface area contributed by atoms with Gasteiger partial charge in [-0.3, -0.25) is 9.59 Å². The molecule has 0 heterocycles. The van der Waals surface area contributed by atoms with E-state index in [4.69, 9.17) is 23.2 Å². The number of anilines is 2. The first-order chi connectivity index (χ1) is 14.8. The van der Waals surface area contributed by atoms with Crippen LogP contribution in [0.1, 0.15) is 15.9 Å². The number of carbonyl (C=O) groups excluding carboxylic acids is 3. The third-order valence-electron chi connectivity index (χ3n) is 4.19. The van der Waals surface area contributed by atoms with Crippen LogP contribution in [0.2, 0.25) is 10.0 Å². The van der Waals surface area contributed by atoms with Crippen LogP contribution in [0.25, 0.3) is 6.08 Å². The molecule has 0 bridgehead atoms. The zero-order valence-electron chi connectivity index (χ0n) is 15.9. The van der Waals surface area contributed by atoms with Crippen LogP contribution in [0.4, 0.5) is 11.4 Å². The average Bonchev–Trinajstić information content (AvgIpc) is 2.75. The Morgan fingerprint density at radius 1 is 0.710 bits per heavy atom. The third-order valence-corrected chi connectivity index (χ3v) is 4.85. The minimum atomic E-state index is -1.33. The number of carboxylic acid groups (broad SMARTS) is 1. The second-order valence-corrected chi connectivity index (χ2v) is 7.15. The number of benzene rings is 3. The molecule has 2 N–H and O–H groups in total. The van der Waals surface area contributed by atoms with Crippen LogP contribution in [0.5, 0.6) is 0 Å². The molecule has 31 heavy (non-hydrogen) atoms. The Kier molecular flexibility index (Phi) is 7.07. The van der Waals surface area contributed by atoms with E-state index in [0.29, 0.717) is 27.0 Å². The lowest BCUT2D eigenvalue weighted by Gasteiger charge is -2.12. The van der Waals surface area contributed by atoms with Crippen molar-refractivity contribution in [2.45, 2.75) is 0 Å². The van der Waals surface area contributed by atoms with Gasteiger partial charge < -0.3 is 20.5 Å². The number of carboxylic acids is 1. The van der Waals surface area contributed by atoms with Crippen molar-refractivity contribution in [1.29, 1.82) is 0 Å². The maximum atomic E-state index is 12.9. The first-order valence-electron chi connectivity index (χ1n) is 9.00. The van der Waals surface area contributed by atoms with Crippen LogP contribution in [0.15, 0.2) is 78.4 Å². The van der Waals surface area contributed by atoms with E-state index in [-0.39, 0.29) is 11.1 Å². The van der Waals surface area contributed by atoms with E-state index in [1.165, 1.54) is 30.3 Å². The Morgan fingerprint density at radius 2 is 1.16 bits per heavy atom. The fourth-order valence-corrected chi connectivity index (χ4v) is 2.99. The normalized spacial score (nSPS) is 10.1. The van der Waals surface area contributed by atoms with E-state index in [2.05, 4.69) is 10.6 Å². The maximum Gasteiger partial charge on any atom is 0.261 e. The van der Waals surface area contributed by atoms with Crippen molar-refractivity contribution in [2.24, 2.45) is 0 Å². The van der Waals surface area contributed by atoms with Crippen molar-refractivity contribution in [2.75, 3.05) is 10.6 Å². The van der Waals surface area contributed by atoms with Crippen LogP contribution >= 0.6 is 23.2 Å². The highest BCUT2D eigenvalue weighted by Gasteiger charge is 2.20. The Bertz CT molecular complexity index is 1110. The molecule has 0 fully saturated rings. The molecule has 6 nitrogen and oxygen atoms in total. The van der Waals surface area contributed by atoms with Crippen LogP contribution in [0.3, 0.4) is 0 Å². The van der Waals surface area contributed by atoms with Crippen molar-refractivity contribution in [3.05, 3.63) is 99.5 Å². The molecule has 0 atom stereocenters. The fraction of sp³-hybridized carbons (Fsp3) is 0. The Balaban J connectivity index is 1.95. The van der Waals surface area contributed by atoms with E-state index in [1.54, 1.807) is 48.5 Å². The van der Waals surface area contributed by atoms with Crippen molar-refractivity contribution in [1.82, 2.24) is 0 Å². The van der Waals surface area contributed by atoms with Crippen molar-refractivity contribution >= 4 is 58.4 Å². The molecule has 3 aromatic carbocycles. The van der Waals surface area contributed by atoms with E-state index < -0.39 is 17.8 Å².